The predicted molar refractivity (Wildman–Crippen MR) is 87.6 cm³/mol. The van der Waals surface area contributed by atoms with Crippen LogP contribution < -0.4 is 16.0 Å². The van der Waals surface area contributed by atoms with Crippen molar-refractivity contribution in [2.24, 2.45) is 16.2 Å². The zero-order valence-electron chi connectivity index (χ0n) is 12.4. The van der Waals surface area contributed by atoms with Crippen LogP contribution in [0.3, 0.4) is 0 Å². The highest BCUT2D eigenvalue weighted by molar-refractivity contribution is 5.94. The Morgan fingerprint density at radius 2 is 1.83 bits per heavy atom. The summed E-state index contributed by atoms with van der Waals surface area (Å²) in [5.74, 6) is 5.96. The van der Waals surface area contributed by atoms with Crippen molar-refractivity contribution in [3.8, 4) is 5.75 Å². The van der Waals surface area contributed by atoms with Crippen LogP contribution in [0.4, 0.5) is 0 Å². The Morgan fingerprint density at radius 1 is 1.04 bits per heavy atom. The number of rotatable bonds is 4. The van der Waals surface area contributed by atoms with Gasteiger partial charge in [0.05, 0.1) is 21.9 Å². The molecule has 6 heteroatoms. The van der Waals surface area contributed by atoms with Crippen LogP contribution in [-0.4, -0.2) is 10.8 Å². The van der Waals surface area contributed by atoms with Crippen molar-refractivity contribution in [3.05, 3.63) is 71.9 Å². The van der Waals surface area contributed by atoms with E-state index in [9.17, 15) is 0 Å². The molecule has 0 bridgehead atoms. The van der Waals surface area contributed by atoms with Gasteiger partial charge in [-0.15, -0.1) is 0 Å². The first-order valence-electron chi connectivity index (χ1n) is 7.07. The molecule has 0 aliphatic carbocycles. The van der Waals surface area contributed by atoms with Gasteiger partial charge in [-0.25, -0.2) is 4.98 Å². The van der Waals surface area contributed by atoms with Gasteiger partial charge in [0.2, 0.25) is 0 Å². The molecule has 2 aromatic carbocycles. The number of amidine groups is 1. The van der Waals surface area contributed by atoms with E-state index >= 15 is 0 Å². The Balaban J connectivity index is 1.68. The van der Waals surface area contributed by atoms with Gasteiger partial charge in [-0.3, -0.25) is 11.3 Å². The van der Waals surface area contributed by atoms with Crippen molar-refractivity contribution in [1.82, 2.24) is 4.98 Å². The summed E-state index contributed by atoms with van der Waals surface area (Å²) >= 11 is 0. The smallest absolute Gasteiger partial charge is 0.350 e. The molecule has 1 aromatic heterocycles. The van der Waals surface area contributed by atoms with Gasteiger partial charge >= 0.3 is 5.84 Å². The monoisotopic (exact) mass is 306 g/mol. The van der Waals surface area contributed by atoms with E-state index in [1.54, 1.807) is 12.1 Å². The topological polar surface area (TPSA) is 98.5 Å². The lowest BCUT2D eigenvalue weighted by Gasteiger charge is -2.06. The zero-order chi connectivity index (χ0) is 16.1. The SMILES string of the molecule is NN=NC(=[NH2+])c1ccc(OCc2ccc3ccccc3n2)cc1. The van der Waals surface area contributed by atoms with Crippen molar-refractivity contribution < 1.29 is 10.1 Å². The molecule has 0 aliphatic heterocycles. The molecule has 3 aromatic rings. The molecule has 0 fully saturated rings. The molecule has 0 amide bonds. The van der Waals surface area contributed by atoms with Gasteiger partial charge in [0.25, 0.3) is 0 Å². The van der Waals surface area contributed by atoms with E-state index in [2.05, 4.69) is 15.3 Å². The first kappa shape index (κ1) is 14.6. The number of hydrogen-bond acceptors (Lipinski definition) is 3. The van der Waals surface area contributed by atoms with Gasteiger partial charge < -0.3 is 4.74 Å². The normalized spacial score (nSPS) is 11.0. The highest BCUT2D eigenvalue weighted by Crippen LogP contribution is 2.16. The van der Waals surface area contributed by atoms with Gasteiger partial charge in [-0.1, -0.05) is 24.3 Å². The Bertz CT molecular complexity index is 858. The number of ether oxygens (including phenoxy) is 1. The highest BCUT2D eigenvalue weighted by Gasteiger charge is 2.08. The first-order valence-corrected chi connectivity index (χ1v) is 7.07. The third-order valence-electron chi connectivity index (χ3n) is 3.36. The second kappa shape index (κ2) is 6.65. The number of hydrogen-bond donors (Lipinski definition) is 2. The molecule has 0 atom stereocenters. The van der Waals surface area contributed by atoms with Crippen molar-refractivity contribution in [3.63, 3.8) is 0 Å². The minimum atomic E-state index is 0.259. The van der Waals surface area contributed by atoms with Gasteiger partial charge in [-0.2, -0.15) is 0 Å². The van der Waals surface area contributed by atoms with Crippen LogP contribution >= 0.6 is 0 Å². The van der Waals surface area contributed by atoms with Crippen molar-refractivity contribution in [2.75, 3.05) is 0 Å². The summed E-state index contributed by atoms with van der Waals surface area (Å²) in [6.07, 6.45) is 0. The number of nitrogens with two attached hydrogens (primary N) is 2. The first-order chi connectivity index (χ1) is 11.3. The number of aromatic nitrogens is 1. The molecule has 0 spiro atoms. The average molecular weight is 306 g/mol. The summed E-state index contributed by atoms with van der Waals surface area (Å²) < 4.78 is 5.74. The maximum Gasteiger partial charge on any atom is 0.350 e. The zero-order valence-corrected chi connectivity index (χ0v) is 12.4. The second-order valence-electron chi connectivity index (χ2n) is 4.91. The molecule has 23 heavy (non-hydrogen) atoms. The molecule has 6 nitrogen and oxygen atoms in total. The van der Waals surface area contributed by atoms with E-state index in [1.807, 2.05) is 48.5 Å². The lowest BCUT2D eigenvalue weighted by atomic mass is 10.2. The van der Waals surface area contributed by atoms with Gasteiger partial charge in [-0.05, 0) is 36.4 Å². The van der Waals surface area contributed by atoms with E-state index in [4.69, 9.17) is 16.0 Å². The van der Waals surface area contributed by atoms with Crippen molar-refractivity contribution in [2.45, 2.75) is 6.61 Å². The lowest BCUT2D eigenvalue weighted by molar-refractivity contribution is -0.114. The quantitative estimate of drug-likeness (QED) is 0.252. The third kappa shape index (κ3) is 3.49. The van der Waals surface area contributed by atoms with Crippen molar-refractivity contribution in [1.29, 1.82) is 0 Å². The van der Waals surface area contributed by atoms with E-state index in [-0.39, 0.29) is 5.84 Å². The molecule has 4 N–H and O–H groups in total. The molecule has 0 unspecified atom stereocenters. The molecule has 1 heterocycles. The molecule has 0 saturated carbocycles. The van der Waals surface area contributed by atoms with Crippen LogP contribution in [0, 0.1) is 0 Å². The second-order valence-corrected chi connectivity index (χ2v) is 4.91. The number of pyridine rings is 1. The Hall–Kier alpha value is -3.28. The summed E-state index contributed by atoms with van der Waals surface area (Å²) in [5, 5.41) is 13.6. The largest absolute Gasteiger partial charge is 0.487 e. The summed E-state index contributed by atoms with van der Waals surface area (Å²) in [4.78, 5) is 4.57. The number of nitrogens with zero attached hydrogens (tertiary/aromatic N) is 3. The Morgan fingerprint density at radius 3 is 2.61 bits per heavy atom. The molecule has 0 aliphatic rings. The maximum absolute atomic E-state index is 5.74. The van der Waals surface area contributed by atoms with E-state index < -0.39 is 0 Å². The van der Waals surface area contributed by atoms with Crippen LogP contribution in [0.25, 0.3) is 10.9 Å². The Kier molecular flexibility index (Phi) is 4.24. The number of fused-ring (bicyclic) bond motifs is 1. The fourth-order valence-corrected chi connectivity index (χ4v) is 2.19. The fraction of sp³-hybridized carbons (Fsp3) is 0.0588. The van der Waals surface area contributed by atoms with Gasteiger partial charge in [0.15, 0.2) is 0 Å². The molecule has 0 saturated heterocycles. The van der Waals surface area contributed by atoms with E-state index in [1.165, 1.54) is 0 Å². The standard InChI is InChI=1S/C17H15N5O/c18-17(21-22-19)13-6-9-15(10-7-13)23-11-14-8-5-12-3-1-2-4-16(12)20-14/h1-10H,11H2,(H3,18,19,21)/p+1. The number of benzene rings is 2. The summed E-state index contributed by atoms with van der Waals surface area (Å²) in [7, 11) is 0. The highest BCUT2D eigenvalue weighted by atomic mass is 16.5. The number of para-hydroxylation sites is 1. The van der Waals surface area contributed by atoms with Crippen LogP contribution in [0.1, 0.15) is 11.3 Å². The molecular formula is C17H16N5O+. The molecule has 114 valence electrons. The molecule has 3 rings (SSSR count). The average Bonchev–Trinajstić information content (AvgIpc) is 2.60. The summed E-state index contributed by atoms with van der Waals surface area (Å²) in [6, 6.07) is 19.2. The third-order valence-corrected chi connectivity index (χ3v) is 3.36. The van der Waals surface area contributed by atoms with Crippen LogP contribution in [0.2, 0.25) is 0 Å². The van der Waals surface area contributed by atoms with Crippen LogP contribution in [-0.2, 0) is 6.61 Å². The fourth-order valence-electron chi connectivity index (χ4n) is 2.19. The summed E-state index contributed by atoms with van der Waals surface area (Å²) in [5.41, 5.74) is 2.56. The van der Waals surface area contributed by atoms with Crippen LogP contribution in [0.5, 0.6) is 5.75 Å². The Labute approximate surface area is 133 Å². The van der Waals surface area contributed by atoms with E-state index in [0.29, 0.717) is 6.61 Å². The van der Waals surface area contributed by atoms with Crippen LogP contribution in [0.15, 0.2) is 71.0 Å². The minimum Gasteiger partial charge on any atom is -0.487 e. The lowest BCUT2D eigenvalue weighted by Crippen LogP contribution is -2.38. The maximum atomic E-state index is 5.74. The minimum absolute atomic E-state index is 0.259. The summed E-state index contributed by atoms with van der Waals surface area (Å²) in [6.45, 7) is 0.395. The van der Waals surface area contributed by atoms with Gasteiger partial charge in [0.1, 0.15) is 12.4 Å². The van der Waals surface area contributed by atoms with Crippen molar-refractivity contribution >= 4 is 16.7 Å². The predicted octanol–water partition coefficient (Wildman–Crippen LogP) is 1.65. The van der Waals surface area contributed by atoms with Gasteiger partial charge in [0, 0.05) is 10.6 Å². The molecular weight excluding hydrogens is 290 g/mol. The van der Waals surface area contributed by atoms with E-state index in [0.717, 1.165) is 27.9 Å². The molecule has 0 radical (unpaired) electrons.